The molecule has 0 aromatic heterocycles. The van der Waals surface area contributed by atoms with Crippen LogP contribution >= 0.6 is 0 Å². The Morgan fingerprint density at radius 3 is 1.93 bits per heavy atom. The summed E-state index contributed by atoms with van der Waals surface area (Å²) in [5.41, 5.74) is 0. The van der Waals surface area contributed by atoms with Crippen molar-refractivity contribution < 1.29 is 55.7 Å². The molecule has 1 saturated heterocycles. The lowest BCUT2D eigenvalue weighted by Crippen LogP contribution is -2.66. The number of hydrogen-bond donors (Lipinski definition) is 1. The van der Waals surface area contributed by atoms with Gasteiger partial charge in [-0.3, -0.25) is 19.2 Å². The summed E-state index contributed by atoms with van der Waals surface area (Å²) in [6.07, 6.45) is -13.0. The lowest BCUT2D eigenvalue weighted by atomic mass is 9.96. The summed E-state index contributed by atoms with van der Waals surface area (Å²) in [5, 5.41) is 1.31. The van der Waals surface area contributed by atoms with E-state index in [-0.39, 0.29) is 0 Å². The topological polar surface area (TPSA) is 117 Å². The monoisotopic (exact) mass is 403 g/mol. The molecule has 0 spiro atoms. The maximum Gasteiger partial charge on any atom is 0.471 e. The average molecular weight is 403 g/mol. The zero-order valence-electron chi connectivity index (χ0n) is 14.4. The molecule has 27 heavy (non-hydrogen) atoms. The minimum absolute atomic E-state index is 0.647. The summed E-state index contributed by atoms with van der Waals surface area (Å²) in [6.45, 7) is 2.17. The summed E-state index contributed by atoms with van der Waals surface area (Å²) in [6, 6.07) is -2.14. The van der Waals surface area contributed by atoms with Crippen LogP contribution in [0.5, 0.6) is 0 Å². The second-order valence-electron chi connectivity index (χ2n) is 5.47. The summed E-state index contributed by atoms with van der Waals surface area (Å²) in [4.78, 5) is 44.7. The number of esters is 3. The first-order valence-corrected chi connectivity index (χ1v) is 7.48. The van der Waals surface area contributed by atoms with Gasteiger partial charge < -0.3 is 24.3 Å². The Hall–Kier alpha value is -2.44. The van der Waals surface area contributed by atoms with E-state index in [1.165, 1.54) is 5.32 Å². The molecule has 13 heteroatoms. The fourth-order valence-corrected chi connectivity index (χ4v) is 2.28. The van der Waals surface area contributed by atoms with Crippen LogP contribution in [0.25, 0.3) is 0 Å². The Morgan fingerprint density at radius 1 is 0.963 bits per heavy atom. The number of carbonyl (C=O) groups is 4. The smallest absolute Gasteiger partial charge is 0.463 e. The Morgan fingerprint density at radius 2 is 1.48 bits per heavy atom. The maximum absolute atomic E-state index is 14.3. The third-order valence-corrected chi connectivity index (χ3v) is 3.24. The quantitative estimate of drug-likeness (QED) is 0.392. The van der Waals surface area contributed by atoms with Crippen LogP contribution in [0.4, 0.5) is 17.6 Å². The largest absolute Gasteiger partial charge is 0.471 e. The van der Waals surface area contributed by atoms with Crippen molar-refractivity contribution in [1.29, 1.82) is 0 Å². The lowest BCUT2D eigenvalue weighted by Gasteiger charge is -2.42. The summed E-state index contributed by atoms with van der Waals surface area (Å²) >= 11 is 0. The normalized spacial score (nSPS) is 28.0. The van der Waals surface area contributed by atoms with Crippen LogP contribution in [0.15, 0.2) is 0 Å². The van der Waals surface area contributed by atoms with Gasteiger partial charge in [-0.05, 0) is 0 Å². The van der Waals surface area contributed by atoms with E-state index in [9.17, 15) is 36.7 Å². The lowest BCUT2D eigenvalue weighted by molar-refractivity contribution is -0.247. The molecule has 0 aliphatic carbocycles. The first-order chi connectivity index (χ1) is 12.3. The van der Waals surface area contributed by atoms with E-state index in [1.54, 1.807) is 0 Å². The number of amides is 1. The molecular formula is C14H17F4NO8. The third-order valence-electron chi connectivity index (χ3n) is 3.24. The molecule has 1 aliphatic heterocycles. The number of hydrogen-bond acceptors (Lipinski definition) is 8. The van der Waals surface area contributed by atoms with Gasteiger partial charge in [0.1, 0.15) is 18.8 Å². The fourth-order valence-electron chi connectivity index (χ4n) is 2.28. The number of ether oxygens (including phenoxy) is 4. The highest BCUT2D eigenvalue weighted by Crippen LogP contribution is 2.28. The van der Waals surface area contributed by atoms with E-state index < -0.39 is 67.3 Å². The van der Waals surface area contributed by atoms with E-state index in [2.05, 4.69) is 4.74 Å². The van der Waals surface area contributed by atoms with E-state index >= 15 is 0 Å². The summed E-state index contributed by atoms with van der Waals surface area (Å²) in [7, 11) is 0. The van der Waals surface area contributed by atoms with Crippen LogP contribution in [-0.2, 0) is 38.1 Å². The molecule has 1 heterocycles. The van der Waals surface area contributed by atoms with Gasteiger partial charge in [-0.15, -0.1) is 0 Å². The van der Waals surface area contributed by atoms with Crippen molar-refractivity contribution >= 4 is 23.8 Å². The van der Waals surface area contributed by atoms with Crippen LogP contribution in [-0.4, -0.2) is 67.3 Å². The molecule has 0 saturated carbocycles. The van der Waals surface area contributed by atoms with Crippen LogP contribution in [0.1, 0.15) is 20.8 Å². The van der Waals surface area contributed by atoms with Crippen LogP contribution in [0.2, 0.25) is 0 Å². The van der Waals surface area contributed by atoms with Gasteiger partial charge in [0.25, 0.3) is 0 Å². The molecule has 0 aromatic rings. The van der Waals surface area contributed by atoms with Gasteiger partial charge in [-0.25, -0.2) is 4.39 Å². The molecule has 1 fully saturated rings. The van der Waals surface area contributed by atoms with Crippen molar-refractivity contribution in [2.75, 3.05) is 6.61 Å². The Bertz CT molecular complexity index is 596. The molecule has 1 amide bonds. The molecule has 154 valence electrons. The van der Waals surface area contributed by atoms with Crippen LogP contribution < -0.4 is 5.32 Å². The van der Waals surface area contributed by atoms with Crippen molar-refractivity contribution in [3.8, 4) is 0 Å². The highest BCUT2D eigenvalue weighted by molar-refractivity contribution is 5.82. The molecule has 5 atom stereocenters. The van der Waals surface area contributed by atoms with Gasteiger partial charge in [0.15, 0.2) is 12.2 Å². The van der Waals surface area contributed by atoms with Crippen molar-refractivity contribution in [1.82, 2.24) is 5.32 Å². The third kappa shape index (κ3) is 6.66. The van der Waals surface area contributed by atoms with Gasteiger partial charge >= 0.3 is 30.0 Å². The van der Waals surface area contributed by atoms with E-state index in [4.69, 9.17) is 14.2 Å². The molecule has 1 N–H and O–H groups in total. The number of carbonyl (C=O) groups excluding carboxylic acids is 4. The molecule has 5 unspecified atom stereocenters. The second-order valence-corrected chi connectivity index (χ2v) is 5.47. The Labute approximate surface area is 150 Å². The maximum atomic E-state index is 14.3. The first-order valence-electron chi connectivity index (χ1n) is 7.48. The number of alkyl halides is 4. The Kier molecular flexibility index (Phi) is 7.51. The van der Waals surface area contributed by atoms with E-state index in [0.717, 1.165) is 20.8 Å². The molecular weight excluding hydrogens is 386 g/mol. The molecule has 9 nitrogen and oxygen atoms in total. The van der Waals surface area contributed by atoms with Crippen LogP contribution in [0.3, 0.4) is 0 Å². The first kappa shape index (κ1) is 22.6. The molecule has 0 bridgehead atoms. The SMILES string of the molecule is CC(=O)OCC1OC(F)C(NC(=O)C(F)(F)F)C(OC(C)=O)C1OC(C)=O. The van der Waals surface area contributed by atoms with Gasteiger partial charge in [0.2, 0.25) is 6.36 Å². The molecule has 0 aromatic carbocycles. The van der Waals surface area contributed by atoms with Gasteiger partial charge in [-0.1, -0.05) is 0 Å². The van der Waals surface area contributed by atoms with Crippen molar-refractivity contribution in [2.24, 2.45) is 0 Å². The van der Waals surface area contributed by atoms with Crippen molar-refractivity contribution in [3.63, 3.8) is 0 Å². The summed E-state index contributed by atoms with van der Waals surface area (Å²) in [5.74, 6) is -5.33. The number of halogens is 4. The summed E-state index contributed by atoms with van der Waals surface area (Å²) < 4.78 is 70.8. The fraction of sp³-hybridized carbons (Fsp3) is 0.714. The van der Waals surface area contributed by atoms with Gasteiger partial charge in [0.05, 0.1) is 0 Å². The van der Waals surface area contributed by atoms with E-state index in [1.807, 2.05) is 0 Å². The predicted octanol–water partition coefficient (Wildman–Crippen LogP) is 0.154. The van der Waals surface area contributed by atoms with Crippen molar-refractivity contribution in [3.05, 3.63) is 0 Å². The van der Waals surface area contributed by atoms with Crippen molar-refractivity contribution in [2.45, 2.75) is 57.7 Å². The number of rotatable bonds is 5. The van der Waals surface area contributed by atoms with Gasteiger partial charge in [0, 0.05) is 20.8 Å². The predicted molar refractivity (Wildman–Crippen MR) is 75.5 cm³/mol. The second kappa shape index (κ2) is 8.97. The average Bonchev–Trinajstić information content (AvgIpc) is 2.49. The minimum Gasteiger partial charge on any atom is -0.463 e. The standard InChI is InChI=1S/C14H17F4NO8/c1-5(20)24-4-8-10(25-6(2)21)11(26-7(3)22)9(12(15)27-8)19-13(23)14(16,17)18/h8-12H,4H2,1-3H3,(H,19,23). The van der Waals surface area contributed by atoms with Gasteiger partial charge in [-0.2, -0.15) is 13.2 Å². The highest BCUT2D eigenvalue weighted by Gasteiger charge is 2.53. The highest BCUT2D eigenvalue weighted by atomic mass is 19.4. The minimum atomic E-state index is -5.36. The Balaban J connectivity index is 3.18. The zero-order chi connectivity index (χ0) is 20.9. The number of nitrogens with one attached hydrogen (secondary N) is 1. The molecule has 1 rings (SSSR count). The molecule has 0 radical (unpaired) electrons. The van der Waals surface area contributed by atoms with Crippen LogP contribution in [0, 0.1) is 0 Å². The zero-order valence-corrected chi connectivity index (χ0v) is 14.4. The van der Waals surface area contributed by atoms with E-state index in [0.29, 0.717) is 0 Å². The molecule has 1 aliphatic rings.